The standard InChI is InChI=1S/C15H26N4O/c1-4-11-9-7-6-8-10-19(11)15(20)14-13(16)12(5-2)17-18(14)3/h11H,4-10,16H2,1-3H3. The van der Waals surface area contributed by atoms with Crippen molar-refractivity contribution in [3.05, 3.63) is 11.4 Å². The van der Waals surface area contributed by atoms with Crippen LogP contribution >= 0.6 is 0 Å². The molecule has 5 nitrogen and oxygen atoms in total. The Labute approximate surface area is 121 Å². The first-order valence-corrected chi connectivity index (χ1v) is 7.72. The third-order valence-electron chi connectivity index (χ3n) is 4.31. The lowest BCUT2D eigenvalue weighted by atomic mass is 10.1. The molecule has 0 aromatic carbocycles. The largest absolute Gasteiger partial charge is 0.395 e. The van der Waals surface area contributed by atoms with Gasteiger partial charge in [-0.2, -0.15) is 5.10 Å². The number of carbonyl (C=O) groups is 1. The molecule has 1 aliphatic rings. The van der Waals surface area contributed by atoms with Crippen molar-refractivity contribution in [3.63, 3.8) is 0 Å². The first-order valence-electron chi connectivity index (χ1n) is 7.72. The molecule has 1 saturated heterocycles. The number of carbonyl (C=O) groups excluding carboxylic acids is 1. The first-order chi connectivity index (χ1) is 9.60. The zero-order chi connectivity index (χ0) is 14.7. The molecule has 1 aromatic heterocycles. The van der Waals surface area contributed by atoms with Crippen molar-refractivity contribution in [2.24, 2.45) is 7.05 Å². The highest BCUT2D eigenvalue weighted by Crippen LogP contribution is 2.24. The monoisotopic (exact) mass is 278 g/mol. The second kappa shape index (κ2) is 6.29. The second-order valence-electron chi connectivity index (χ2n) is 5.60. The molecule has 2 rings (SSSR count). The zero-order valence-corrected chi connectivity index (χ0v) is 12.9. The molecule has 0 radical (unpaired) electrons. The number of rotatable bonds is 3. The lowest BCUT2D eigenvalue weighted by Crippen LogP contribution is -2.40. The fourth-order valence-electron chi connectivity index (χ4n) is 3.12. The van der Waals surface area contributed by atoms with Crippen molar-refractivity contribution < 1.29 is 4.79 Å². The highest BCUT2D eigenvalue weighted by atomic mass is 16.2. The summed E-state index contributed by atoms with van der Waals surface area (Å²) in [6.45, 7) is 5.00. The van der Waals surface area contributed by atoms with Crippen LogP contribution in [-0.4, -0.2) is 33.2 Å². The summed E-state index contributed by atoms with van der Waals surface area (Å²) >= 11 is 0. The van der Waals surface area contributed by atoms with Gasteiger partial charge in [-0.3, -0.25) is 9.48 Å². The predicted octanol–water partition coefficient (Wildman–Crippen LogP) is 2.36. The normalized spacial score (nSPS) is 19.9. The highest BCUT2D eigenvalue weighted by Gasteiger charge is 2.29. The average Bonchev–Trinajstić information content (AvgIpc) is 2.63. The number of hydrogen-bond acceptors (Lipinski definition) is 3. The Morgan fingerprint density at radius 1 is 1.35 bits per heavy atom. The Balaban J connectivity index is 2.31. The Hall–Kier alpha value is -1.52. The molecule has 5 heteroatoms. The number of anilines is 1. The lowest BCUT2D eigenvalue weighted by Gasteiger charge is -2.29. The van der Waals surface area contributed by atoms with Gasteiger partial charge in [0.15, 0.2) is 0 Å². The van der Waals surface area contributed by atoms with Crippen LogP contribution in [-0.2, 0) is 13.5 Å². The van der Waals surface area contributed by atoms with Crippen molar-refractivity contribution in [1.82, 2.24) is 14.7 Å². The summed E-state index contributed by atoms with van der Waals surface area (Å²) in [4.78, 5) is 14.9. The van der Waals surface area contributed by atoms with Gasteiger partial charge >= 0.3 is 0 Å². The van der Waals surface area contributed by atoms with Crippen LogP contribution < -0.4 is 5.73 Å². The topological polar surface area (TPSA) is 64.2 Å². The van der Waals surface area contributed by atoms with Crippen molar-refractivity contribution in [1.29, 1.82) is 0 Å². The van der Waals surface area contributed by atoms with E-state index in [1.807, 2.05) is 18.9 Å². The number of likely N-dealkylation sites (tertiary alicyclic amines) is 1. The van der Waals surface area contributed by atoms with Crippen molar-refractivity contribution in [2.45, 2.75) is 58.4 Å². The smallest absolute Gasteiger partial charge is 0.274 e. The number of nitrogens with two attached hydrogens (primary N) is 1. The third-order valence-corrected chi connectivity index (χ3v) is 4.31. The molecule has 0 saturated carbocycles. The molecule has 112 valence electrons. The highest BCUT2D eigenvalue weighted by molar-refractivity contribution is 5.98. The van der Waals surface area contributed by atoms with Gasteiger partial charge in [-0.1, -0.05) is 26.7 Å². The molecule has 0 aliphatic carbocycles. The van der Waals surface area contributed by atoms with Crippen LogP contribution in [0.3, 0.4) is 0 Å². The van der Waals surface area contributed by atoms with Gasteiger partial charge in [-0.25, -0.2) is 0 Å². The summed E-state index contributed by atoms with van der Waals surface area (Å²) in [6.07, 6.45) is 6.36. The van der Waals surface area contributed by atoms with E-state index in [9.17, 15) is 4.79 Å². The molecule has 1 fully saturated rings. The minimum atomic E-state index is 0.0472. The second-order valence-corrected chi connectivity index (χ2v) is 5.60. The van der Waals surface area contributed by atoms with Crippen LogP contribution in [0.5, 0.6) is 0 Å². The first kappa shape index (κ1) is 14.9. The van der Waals surface area contributed by atoms with E-state index in [0.717, 1.165) is 37.9 Å². The van der Waals surface area contributed by atoms with Gasteiger partial charge in [0, 0.05) is 19.6 Å². The van der Waals surface area contributed by atoms with E-state index in [1.165, 1.54) is 12.8 Å². The Kier molecular flexibility index (Phi) is 4.68. The molecule has 2 heterocycles. The summed E-state index contributed by atoms with van der Waals surface area (Å²) < 4.78 is 1.65. The van der Waals surface area contributed by atoms with Crippen molar-refractivity contribution >= 4 is 11.6 Å². The average molecular weight is 278 g/mol. The van der Waals surface area contributed by atoms with Gasteiger partial charge in [0.1, 0.15) is 5.69 Å². The molecule has 1 aliphatic heterocycles. The van der Waals surface area contributed by atoms with E-state index in [0.29, 0.717) is 17.4 Å². The quantitative estimate of drug-likeness (QED) is 0.923. The van der Waals surface area contributed by atoms with Crippen LogP contribution in [0.15, 0.2) is 0 Å². The lowest BCUT2D eigenvalue weighted by molar-refractivity contribution is 0.0668. The fraction of sp³-hybridized carbons (Fsp3) is 0.733. The summed E-state index contributed by atoms with van der Waals surface area (Å²) in [5, 5.41) is 4.36. The summed E-state index contributed by atoms with van der Waals surface area (Å²) in [5.41, 5.74) is 8.05. The van der Waals surface area contributed by atoms with Crippen molar-refractivity contribution in [2.75, 3.05) is 12.3 Å². The van der Waals surface area contributed by atoms with Gasteiger partial charge < -0.3 is 10.6 Å². The van der Waals surface area contributed by atoms with E-state index in [4.69, 9.17) is 5.73 Å². The predicted molar refractivity (Wildman–Crippen MR) is 80.6 cm³/mol. The Bertz CT molecular complexity index is 480. The van der Waals surface area contributed by atoms with Crippen molar-refractivity contribution in [3.8, 4) is 0 Å². The molecule has 0 bridgehead atoms. The molecule has 1 aromatic rings. The maximum atomic E-state index is 12.9. The maximum Gasteiger partial charge on any atom is 0.274 e. The fourth-order valence-corrected chi connectivity index (χ4v) is 3.12. The number of nitrogens with zero attached hydrogens (tertiary/aromatic N) is 3. The van der Waals surface area contributed by atoms with Gasteiger partial charge in [-0.15, -0.1) is 0 Å². The number of amides is 1. The van der Waals surface area contributed by atoms with Crippen LogP contribution in [0.2, 0.25) is 0 Å². The number of hydrogen-bond donors (Lipinski definition) is 1. The number of nitrogen functional groups attached to an aromatic ring is 1. The SMILES string of the molecule is CCc1nn(C)c(C(=O)N2CCCCCC2CC)c1N. The van der Waals surface area contributed by atoms with E-state index < -0.39 is 0 Å². The minimum absolute atomic E-state index is 0.0472. The van der Waals surface area contributed by atoms with E-state index in [2.05, 4.69) is 12.0 Å². The van der Waals surface area contributed by atoms with Crippen LogP contribution in [0, 0.1) is 0 Å². The summed E-state index contributed by atoms with van der Waals surface area (Å²) in [6, 6.07) is 0.337. The minimum Gasteiger partial charge on any atom is -0.395 e. The zero-order valence-electron chi connectivity index (χ0n) is 12.9. The van der Waals surface area contributed by atoms with Gasteiger partial charge in [0.2, 0.25) is 0 Å². The molecule has 1 unspecified atom stereocenters. The number of aryl methyl sites for hydroxylation is 2. The van der Waals surface area contributed by atoms with E-state index in [-0.39, 0.29) is 5.91 Å². The van der Waals surface area contributed by atoms with Gasteiger partial charge in [0.25, 0.3) is 5.91 Å². The molecular formula is C15H26N4O. The number of aromatic nitrogens is 2. The van der Waals surface area contributed by atoms with Gasteiger partial charge in [0.05, 0.1) is 11.4 Å². The van der Waals surface area contributed by atoms with Gasteiger partial charge in [-0.05, 0) is 25.7 Å². The van der Waals surface area contributed by atoms with Crippen LogP contribution in [0.25, 0.3) is 0 Å². The molecule has 2 N–H and O–H groups in total. The Morgan fingerprint density at radius 2 is 2.10 bits per heavy atom. The molecule has 20 heavy (non-hydrogen) atoms. The van der Waals surface area contributed by atoms with E-state index >= 15 is 0 Å². The van der Waals surface area contributed by atoms with Crippen LogP contribution in [0.1, 0.15) is 62.1 Å². The Morgan fingerprint density at radius 3 is 2.70 bits per heavy atom. The molecule has 1 amide bonds. The molecular weight excluding hydrogens is 252 g/mol. The van der Waals surface area contributed by atoms with E-state index in [1.54, 1.807) is 4.68 Å². The molecule has 1 atom stereocenters. The maximum absolute atomic E-state index is 12.9. The molecule has 0 spiro atoms. The third kappa shape index (κ3) is 2.67. The summed E-state index contributed by atoms with van der Waals surface area (Å²) in [5.74, 6) is 0.0472. The van der Waals surface area contributed by atoms with Crippen LogP contribution in [0.4, 0.5) is 5.69 Å². The summed E-state index contributed by atoms with van der Waals surface area (Å²) in [7, 11) is 1.81.